The molecule has 1 saturated carbocycles. The van der Waals surface area contributed by atoms with E-state index in [0.29, 0.717) is 17.3 Å². The first-order valence-electron chi connectivity index (χ1n) is 9.35. The summed E-state index contributed by atoms with van der Waals surface area (Å²) in [6, 6.07) is 4.40. The lowest BCUT2D eigenvalue weighted by molar-refractivity contribution is -0.161. The van der Waals surface area contributed by atoms with Gasteiger partial charge in [0.2, 0.25) is 0 Å². The number of fused-ring (bicyclic) bond motifs is 3. The van der Waals surface area contributed by atoms with Crippen molar-refractivity contribution in [3.63, 3.8) is 0 Å². The molecule has 6 rings (SSSR count). The highest BCUT2D eigenvalue weighted by molar-refractivity contribution is 5.96. The van der Waals surface area contributed by atoms with Crippen molar-refractivity contribution in [1.29, 1.82) is 0 Å². The summed E-state index contributed by atoms with van der Waals surface area (Å²) in [6.07, 6.45) is 7.20. The summed E-state index contributed by atoms with van der Waals surface area (Å²) < 4.78 is 0. The molecule has 6 heteroatoms. The third-order valence-corrected chi connectivity index (χ3v) is 7.00. The van der Waals surface area contributed by atoms with Gasteiger partial charge >= 0.3 is 0 Å². The van der Waals surface area contributed by atoms with E-state index in [1.807, 2.05) is 12.3 Å². The maximum absolute atomic E-state index is 13.3. The van der Waals surface area contributed by atoms with Crippen molar-refractivity contribution < 1.29 is 7.65 Å². The predicted octanol–water partition coefficient (Wildman–Crippen LogP) is 2.12. The number of piperazine rings is 1. The van der Waals surface area contributed by atoms with Crippen LogP contribution in [0.15, 0.2) is 18.3 Å². The second-order valence-electron chi connectivity index (χ2n) is 7.82. The first-order chi connectivity index (χ1) is 12.3. The summed E-state index contributed by atoms with van der Waals surface area (Å²) in [5, 5.41) is 7.57. The summed E-state index contributed by atoms with van der Waals surface area (Å²) in [7, 11) is 0. The molecule has 3 fully saturated rings. The number of nitrogens with one attached hydrogen (secondary N) is 1. The van der Waals surface area contributed by atoms with Crippen molar-refractivity contribution in [2.75, 3.05) is 19.6 Å². The molecule has 2 saturated heterocycles. The minimum atomic E-state index is 0. The van der Waals surface area contributed by atoms with Crippen molar-refractivity contribution in [2.24, 2.45) is 0 Å². The van der Waals surface area contributed by atoms with E-state index in [1.165, 1.54) is 19.4 Å². The molecule has 1 N–H and O–H groups in total. The number of hydrogen-bond acceptors (Lipinski definition) is 4. The zero-order valence-corrected chi connectivity index (χ0v) is 14.2. The molecule has 0 radical (unpaired) electrons. The molecule has 0 bridgehead atoms. The van der Waals surface area contributed by atoms with Crippen molar-refractivity contribution in [3.05, 3.63) is 35.3 Å². The van der Waals surface area contributed by atoms with Crippen LogP contribution in [0.2, 0.25) is 0 Å². The third kappa shape index (κ3) is 1.66. The van der Waals surface area contributed by atoms with Crippen molar-refractivity contribution in [1.82, 2.24) is 25.0 Å². The smallest absolute Gasteiger partial charge is 0.272 e. The lowest BCUT2D eigenvalue weighted by Crippen LogP contribution is -2.79. The van der Waals surface area contributed by atoms with Crippen LogP contribution < -0.4 is 0 Å². The summed E-state index contributed by atoms with van der Waals surface area (Å²) in [4.78, 5) is 22.5. The van der Waals surface area contributed by atoms with Gasteiger partial charge in [-0.3, -0.25) is 19.8 Å². The molecular formula is C19H25N5O. The molecule has 2 aliphatic heterocycles. The van der Waals surface area contributed by atoms with Gasteiger partial charge in [0.05, 0.1) is 17.4 Å². The Balaban J connectivity index is 0.000000900. The Labute approximate surface area is 149 Å². The van der Waals surface area contributed by atoms with E-state index in [4.69, 9.17) is 0 Å². The van der Waals surface area contributed by atoms with Crippen LogP contribution in [0.5, 0.6) is 0 Å². The second kappa shape index (κ2) is 4.69. The molecule has 4 heterocycles. The number of H-pyrrole nitrogens is 1. The van der Waals surface area contributed by atoms with Crippen LogP contribution in [0.25, 0.3) is 11.3 Å². The lowest BCUT2D eigenvalue weighted by atomic mass is 9.61. The van der Waals surface area contributed by atoms with Crippen LogP contribution in [0.4, 0.5) is 0 Å². The van der Waals surface area contributed by atoms with Crippen LogP contribution in [0.1, 0.15) is 43.9 Å². The summed E-state index contributed by atoms with van der Waals surface area (Å²) in [6.45, 7) is 3.07. The molecule has 2 aromatic heterocycles. The topological polar surface area (TPSA) is 65.1 Å². The number of pyridine rings is 1. The van der Waals surface area contributed by atoms with E-state index in [-0.39, 0.29) is 8.76 Å². The van der Waals surface area contributed by atoms with E-state index < -0.39 is 0 Å². The van der Waals surface area contributed by atoms with Gasteiger partial charge in [-0.25, -0.2) is 0 Å². The number of carbonyl (C=O) groups excluding carboxylic acids is 1. The molecule has 4 aliphatic rings. The number of nitrogens with zero attached hydrogens (tertiary/aromatic N) is 4. The average molecular weight is 339 g/mol. The predicted molar refractivity (Wildman–Crippen MR) is 96.4 cm³/mol. The fourth-order valence-electron chi connectivity index (χ4n) is 5.48. The summed E-state index contributed by atoms with van der Waals surface area (Å²) in [5.74, 6) is 0.150. The van der Waals surface area contributed by atoms with E-state index in [9.17, 15) is 4.79 Å². The van der Waals surface area contributed by atoms with Gasteiger partial charge in [-0.1, -0.05) is 0 Å². The van der Waals surface area contributed by atoms with Gasteiger partial charge in [-0.2, -0.15) is 5.10 Å². The Bertz CT molecular complexity index is 896. The number of hydrogen-bond donors (Lipinski definition) is 1. The highest BCUT2D eigenvalue weighted by atomic mass is 16.2. The number of rotatable bonds is 1. The van der Waals surface area contributed by atoms with Crippen LogP contribution in [-0.4, -0.2) is 62.1 Å². The van der Waals surface area contributed by atoms with E-state index in [2.05, 4.69) is 31.0 Å². The zero-order valence-electron chi connectivity index (χ0n) is 14.2. The Morgan fingerprint density at radius 2 is 2.24 bits per heavy atom. The van der Waals surface area contributed by atoms with E-state index >= 15 is 0 Å². The Hall–Kier alpha value is -2.21. The number of aryl methyl sites for hydroxylation is 1. The van der Waals surface area contributed by atoms with Gasteiger partial charge in [0, 0.05) is 45.4 Å². The van der Waals surface area contributed by atoms with Crippen molar-refractivity contribution in [3.8, 4) is 11.3 Å². The van der Waals surface area contributed by atoms with Crippen molar-refractivity contribution >= 4 is 5.91 Å². The molecule has 2 aromatic rings. The monoisotopic (exact) mass is 339 g/mol. The molecule has 2 unspecified atom stereocenters. The minimum absolute atomic E-state index is 0. The maximum atomic E-state index is 13.3. The Morgan fingerprint density at radius 1 is 1.28 bits per heavy atom. The van der Waals surface area contributed by atoms with Gasteiger partial charge in [0.1, 0.15) is 5.69 Å². The van der Waals surface area contributed by atoms with Crippen molar-refractivity contribution in [2.45, 2.75) is 43.7 Å². The number of amides is 1. The van der Waals surface area contributed by atoms with Crippen LogP contribution in [0.3, 0.4) is 0 Å². The Morgan fingerprint density at radius 3 is 3.04 bits per heavy atom. The molecule has 2 atom stereocenters. The number of carbonyl (C=O) groups is 1. The van der Waals surface area contributed by atoms with E-state index in [0.717, 1.165) is 54.9 Å². The van der Waals surface area contributed by atoms with E-state index in [1.54, 1.807) is 0 Å². The van der Waals surface area contributed by atoms with Gasteiger partial charge < -0.3 is 4.90 Å². The molecule has 0 aromatic carbocycles. The molecule has 132 valence electrons. The maximum Gasteiger partial charge on any atom is 0.272 e. The fourth-order valence-corrected chi connectivity index (χ4v) is 5.48. The molecule has 6 nitrogen and oxygen atoms in total. The first-order valence-corrected chi connectivity index (χ1v) is 9.35. The lowest BCUT2D eigenvalue weighted by Gasteiger charge is -2.68. The zero-order chi connectivity index (χ0) is 16.6. The number of aromatic nitrogens is 3. The van der Waals surface area contributed by atoms with Crippen LogP contribution in [-0.2, 0) is 12.8 Å². The molecule has 1 spiro atoms. The normalized spacial score (nSPS) is 29.6. The first kappa shape index (κ1) is 14.0. The second-order valence-corrected chi connectivity index (χ2v) is 7.82. The standard InChI is InChI=1S/C19H21N5O.2H2/c25-18(24-11-10-23-9-7-19(23)6-5-15(19)24)17-13-3-4-14-12(2-1-8-20-14)16(13)21-22-17;;/h1-2,8,15H,3-7,9-11H2,(H,21,22);2*1H. The molecule has 2 aliphatic carbocycles. The summed E-state index contributed by atoms with van der Waals surface area (Å²) in [5.41, 5.74) is 5.17. The highest BCUT2D eigenvalue weighted by Gasteiger charge is 2.61. The molecule has 1 amide bonds. The van der Waals surface area contributed by atoms with Gasteiger partial charge in [0.15, 0.2) is 0 Å². The highest BCUT2D eigenvalue weighted by Crippen LogP contribution is 2.51. The Kier molecular flexibility index (Phi) is 2.63. The largest absolute Gasteiger partial charge is 0.331 e. The summed E-state index contributed by atoms with van der Waals surface area (Å²) >= 11 is 0. The average Bonchev–Trinajstić information content (AvgIpc) is 3.02. The fraction of sp³-hybridized carbons (Fsp3) is 0.526. The number of aromatic amines is 1. The van der Waals surface area contributed by atoms with Gasteiger partial charge in [-0.05, 0) is 44.2 Å². The molecule has 25 heavy (non-hydrogen) atoms. The third-order valence-electron chi connectivity index (χ3n) is 7.00. The SMILES string of the molecule is O=C(c1[nH]nc2c1CCc1ncccc1-2)N1CCN2CCC23CCC13.[HH].[HH]. The quantitative estimate of drug-likeness (QED) is 0.864. The van der Waals surface area contributed by atoms with Gasteiger partial charge in [-0.15, -0.1) is 0 Å². The molecular weight excluding hydrogens is 314 g/mol. The van der Waals surface area contributed by atoms with Crippen LogP contribution >= 0.6 is 0 Å². The minimum Gasteiger partial charge on any atom is -0.331 e. The van der Waals surface area contributed by atoms with Crippen LogP contribution in [0, 0.1) is 0 Å². The van der Waals surface area contributed by atoms with Gasteiger partial charge in [0.25, 0.3) is 5.91 Å².